The second kappa shape index (κ2) is 4.58. The van der Waals surface area contributed by atoms with Gasteiger partial charge in [-0.1, -0.05) is 13.8 Å². The largest absolute Gasteiger partial charge is 0.377 e. The highest BCUT2D eigenvalue weighted by Crippen LogP contribution is 2.51. The minimum Gasteiger partial charge on any atom is -0.377 e. The molecule has 0 bridgehead atoms. The zero-order valence-corrected chi connectivity index (χ0v) is 11.0. The first-order chi connectivity index (χ1) is 7.93. The molecule has 1 aliphatic heterocycles. The maximum Gasteiger partial charge on any atom is 0.221 e. The van der Waals surface area contributed by atoms with Gasteiger partial charge < -0.3 is 15.8 Å². The number of carbonyl (C=O) groups is 1. The molecule has 1 aliphatic carbocycles. The number of nitrogens with two attached hydrogens (primary N) is 1. The Morgan fingerprint density at radius 1 is 1.59 bits per heavy atom. The third-order valence-electron chi connectivity index (χ3n) is 4.15. The maximum absolute atomic E-state index is 11.8. The Morgan fingerprint density at radius 2 is 2.29 bits per heavy atom. The predicted octanol–water partition coefficient (Wildman–Crippen LogP) is 1.04. The van der Waals surface area contributed by atoms with Crippen LogP contribution in [0.3, 0.4) is 0 Å². The summed E-state index contributed by atoms with van der Waals surface area (Å²) in [7, 11) is 0. The molecule has 4 nitrogen and oxygen atoms in total. The molecule has 3 N–H and O–H groups in total. The van der Waals surface area contributed by atoms with Gasteiger partial charge in [-0.15, -0.1) is 0 Å². The minimum absolute atomic E-state index is 0.0542. The van der Waals surface area contributed by atoms with E-state index in [4.69, 9.17) is 10.5 Å². The number of amides is 1. The summed E-state index contributed by atoms with van der Waals surface area (Å²) in [5.74, 6) is 0.567. The summed E-state index contributed by atoms with van der Waals surface area (Å²) in [6.45, 7) is 7.08. The molecule has 98 valence electrons. The molecular formula is C13H24N2O2. The first-order valence-corrected chi connectivity index (χ1v) is 6.59. The lowest BCUT2D eigenvalue weighted by atomic mass is 9.55. The van der Waals surface area contributed by atoms with E-state index in [-0.39, 0.29) is 23.4 Å². The zero-order chi connectivity index (χ0) is 12.6. The molecule has 4 unspecified atom stereocenters. The summed E-state index contributed by atoms with van der Waals surface area (Å²) >= 11 is 0. The van der Waals surface area contributed by atoms with Crippen molar-refractivity contribution in [3.8, 4) is 0 Å². The predicted molar refractivity (Wildman–Crippen MR) is 66.4 cm³/mol. The van der Waals surface area contributed by atoms with Crippen LogP contribution in [0.25, 0.3) is 0 Å². The normalized spacial score (nSPS) is 36.6. The second-order valence-corrected chi connectivity index (χ2v) is 6.15. The van der Waals surface area contributed by atoms with Crippen molar-refractivity contribution >= 4 is 5.91 Å². The molecule has 0 aromatic heterocycles. The van der Waals surface area contributed by atoms with E-state index in [1.165, 1.54) is 0 Å². The average molecular weight is 240 g/mol. The molecule has 2 aliphatic rings. The molecular weight excluding hydrogens is 216 g/mol. The summed E-state index contributed by atoms with van der Waals surface area (Å²) in [4.78, 5) is 11.8. The van der Waals surface area contributed by atoms with Crippen molar-refractivity contribution in [1.82, 2.24) is 5.32 Å². The molecule has 1 heterocycles. The van der Waals surface area contributed by atoms with Gasteiger partial charge >= 0.3 is 0 Å². The lowest BCUT2D eigenvalue weighted by Gasteiger charge is -2.59. The molecule has 0 aromatic carbocycles. The van der Waals surface area contributed by atoms with Crippen molar-refractivity contribution in [3.63, 3.8) is 0 Å². The number of ether oxygens (including phenoxy) is 1. The van der Waals surface area contributed by atoms with Crippen LogP contribution in [0.4, 0.5) is 0 Å². The number of nitrogens with one attached hydrogen (secondary N) is 1. The van der Waals surface area contributed by atoms with Crippen molar-refractivity contribution in [3.05, 3.63) is 0 Å². The van der Waals surface area contributed by atoms with Gasteiger partial charge in [-0.25, -0.2) is 0 Å². The van der Waals surface area contributed by atoms with Gasteiger partial charge in [0.05, 0.1) is 6.10 Å². The lowest BCUT2D eigenvalue weighted by Crippen LogP contribution is -2.70. The van der Waals surface area contributed by atoms with E-state index in [1.807, 2.05) is 6.92 Å². The van der Waals surface area contributed by atoms with E-state index in [1.54, 1.807) is 0 Å². The van der Waals surface area contributed by atoms with Gasteiger partial charge in [-0.05, 0) is 19.8 Å². The van der Waals surface area contributed by atoms with E-state index in [0.29, 0.717) is 18.4 Å². The van der Waals surface area contributed by atoms with Crippen LogP contribution in [0, 0.1) is 11.3 Å². The van der Waals surface area contributed by atoms with Crippen molar-refractivity contribution in [2.45, 2.75) is 58.2 Å². The van der Waals surface area contributed by atoms with Crippen molar-refractivity contribution in [1.29, 1.82) is 0 Å². The summed E-state index contributed by atoms with van der Waals surface area (Å²) in [5.41, 5.74) is 5.70. The standard InChI is InChI=1S/C13H24N2O2/c1-8(14)7-10(16)15-11-9-5-4-6-17-12(9)13(11,2)3/h8-9,11-12H,4-7,14H2,1-3H3,(H,15,16). The molecule has 2 rings (SSSR count). The van der Waals surface area contributed by atoms with Gasteiger partial charge in [-0.2, -0.15) is 0 Å². The second-order valence-electron chi connectivity index (χ2n) is 6.15. The Hall–Kier alpha value is -0.610. The fraction of sp³-hybridized carbons (Fsp3) is 0.923. The molecule has 1 amide bonds. The highest BCUT2D eigenvalue weighted by molar-refractivity contribution is 5.77. The third kappa shape index (κ3) is 2.33. The summed E-state index contributed by atoms with van der Waals surface area (Å²) in [5, 5.41) is 3.14. The Bertz CT molecular complexity index is 302. The first-order valence-electron chi connectivity index (χ1n) is 6.59. The van der Waals surface area contributed by atoms with Crippen LogP contribution in [-0.4, -0.2) is 30.7 Å². The summed E-state index contributed by atoms with van der Waals surface area (Å²) in [6.07, 6.45) is 3.00. The lowest BCUT2D eigenvalue weighted by molar-refractivity contribution is -0.193. The Morgan fingerprint density at radius 3 is 2.94 bits per heavy atom. The molecule has 4 atom stereocenters. The molecule has 4 heteroatoms. The summed E-state index contributed by atoms with van der Waals surface area (Å²) < 4.78 is 5.81. The highest BCUT2D eigenvalue weighted by Gasteiger charge is 2.58. The van der Waals surface area contributed by atoms with Crippen LogP contribution in [-0.2, 0) is 9.53 Å². The van der Waals surface area contributed by atoms with Crippen LogP contribution in [0.2, 0.25) is 0 Å². The van der Waals surface area contributed by atoms with Gasteiger partial charge in [0.1, 0.15) is 0 Å². The zero-order valence-electron chi connectivity index (χ0n) is 11.0. The number of fused-ring (bicyclic) bond motifs is 1. The number of rotatable bonds is 3. The molecule has 0 radical (unpaired) electrons. The molecule has 0 aromatic rings. The number of hydrogen-bond donors (Lipinski definition) is 2. The van der Waals surface area contributed by atoms with E-state index in [2.05, 4.69) is 19.2 Å². The Kier molecular flexibility index (Phi) is 3.46. The van der Waals surface area contributed by atoms with Crippen molar-refractivity contribution in [2.24, 2.45) is 17.1 Å². The molecule has 0 spiro atoms. The van der Waals surface area contributed by atoms with Crippen LogP contribution in [0.5, 0.6) is 0 Å². The quantitative estimate of drug-likeness (QED) is 0.775. The van der Waals surface area contributed by atoms with Crippen molar-refractivity contribution < 1.29 is 9.53 Å². The van der Waals surface area contributed by atoms with Crippen molar-refractivity contribution in [2.75, 3.05) is 6.61 Å². The van der Waals surface area contributed by atoms with Crippen LogP contribution >= 0.6 is 0 Å². The monoisotopic (exact) mass is 240 g/mol. The van der Waals surface area contributed by atoms with E-state index >= 15 is 0 Å². The topological polar surface area (TPSA) is 64.4 Å². The molecule has 1 saturated heterocycles. The molecule has 17 heavy (non-hydrogen) atoms. The van der Waals surface area contributed by atoms with E-state index in [0.717, 1.165) is 19.4 Å². The smallest absolute Gasteiger partial charge is 0.221 e. The maximum atomic E-state index is 11.8. The number of hydrogen-bond acceptors (Lipinski definition) is 3. The highest BCUT2D eigenvalue weighted by atomic mass is 16.5. The van der Waals surface area contributed by atoms with Gasteiger partial charge in [0.2, 0.25) is 5.91 Å². The molecule has 2 fully saturated rings. The SMILES string of the molecule is CC(N)CC(=O)NC1C2CCCOC2C1(C)C. The summed E-state index contributed by atoms with van der Waals surface area (Å²) in [6, 6.07) is 0.177. The van der Waals surface area contributed by atoms with Crippen LogP contribution in [0.15, 0.2) is 0 Å². The first kappa shape index (κ1) is 12.8. The fourth-order valence-corrected chi connectivity index (χ4v) is 3.34. The average Bonchev–Trinajstić information content (AvgIpc) is 2.25. The van der Waals surface area contributed by atoms with Crippen LogP contribution in [0.1, 0.15) is 40.0 Å². The van der Waals surface area contributed by atoms with Gasteiger partial charge in [0.15, 0.2) is 0 Å². The van der Waals surface area contributed by atoms with Crippen LogP contribution < -0.4 is 11.1 Å². The van der Waals surface area contributed by atoms with Gasteiger partial charge in [0, 0.05) is 36.4 Å². The Balaban J connectivity index is 1.94. The van der Waals surface area contributed by atoms with Gasteiger partial charge in [-0.3, -0.25) is 4.79 Å². The Labute approximate surface area is 103 Å². The van der Waals surface area contributed by atoms with Gasteiger partial charge in [0.25, 0.3) is 0 Å². The fourth-order valence-electron chi connectivity index (χ4n) is 3.34. The van der Waals surface area contributed by atoms with E-state index in [9.17, 15) is 4.79 Å². The third-order valence-corrected chi connectivity index (χ3v) is 4.15. The van der Waals surface area contributed by atoms with E-state index < -0.39 is 0 Å². The number of carbonyl (C=O) groups excluding carboxylic acids is 1. The molecule has 1 saturated carbocycles. The minimum atomic E-state index is -0.0726.